The molecule has 0 saturated carbocycles. The molecule has 3 N–H and O–H groups in total. The molecule has 12 heteroatoms. The number of rotatable bonds is 7. The van der Waals surface area contributed by atoms with E-state index in [4.69, 9.17) is 16.3 Å². The van der Waals surface area contributed by atoms with Crippen LogP contribution in [0.15, 0.2) is 54.9 Å². The van der Waals surface area contributed by atoms with Gasteiger partial charge < -0.3 is 15.4 Å². The zero-order chi connectivity index (χ0) is 26.7. The fourth-order valence-electron chi connectivity index (χ4n) is 4.02. The first-order chi connectivity index (χ1) is 18.2. The number of anilines is 2. The number of nitrogens with one attached hydrogen (secondary N) is 3. The SMILES string of the molecule is CS(=O)(=O)N[C@@H]1CN[C@H](C#Cc2cc3ncnc(Nc4ccc(OCc5cccc(F)c5)c(Cl)c4)c3s2)C1. The summed E-state index contributed by atoms with van der Waals surface area (Å²) in [6.45, 7) is 0.733. The maximum absolute atomic E-state index is 13.4. The molecular formula is C26H23ClFN5O3S2. The summed E-state index contributed by atoms with van der Waals surface area (Å²) in [5.74, 6) is 7.13. The van der Waals surface area contributed by atoms with Crippen LogP contribution in [0.3, 0.4) is 0 Å². The number of thiophene rings is 1. The van der Waals surface area contributed by atoms with E-state index in [2.05, 4.69) is 37.2 Å². The third-order valence-corrected chi connectivity index (χ3v) is 7.77. The molecule has 2 aromatic heterocycles. The number of hydrogen-bond acceptors (Lipinski definition) is 8. The molecule has 0 aliphatic carbocycles. The van der Waals surface area contributed by atoms with Crippen molar-refractivity contribution in [1.29, 1.82) is 0 Å². The summed E-state index contributed by atoms with van der Waals surface area (Å²) >= 11 is 7.90. The monoisotopic (exact) mass is 571 g/mol. The highest BCUT2D eigenvalue weighted by atomic mass is 35.5. The summed E-state index contributed by atoms with van der Waals surface area (Å²) in [7, 11) is -3.25. The lowest BCUT2D eigenvalue weighted by Gasteiger charge is -2.11. The fourth-order valence-corrected chi connectivity index (χ4v) is 5.96. The van der Waals surface area contributed by atoms with E-state index >= 15 is 0 Å². The normalized spacial score (nSPS) is 17.2. The van der Waals surface area contributed by atoms with Gasteiger partial charge in [0.25, 0.3) is 0 Å². The second kappa shape index (κ2) is 11.2. The highest BCUT2D eigenvalue weighted by molar-refractivity contribution is 7.88. The van der Waals surface area contributed by atoms with Gasteiger partial charge in [-0.2, -0.15) is 0 Å². The van der Waals surface area contributed by atoms with Gasteiger partial charge in [-0.15, -0.1) is 11.3 Å². The second-order valence-corrected chi connectivity index (χ2v) is 12.0. The molecule has 0 amide bonds. The largest absolute Gasteiger partial charge is 0.487 e. The Morgan fingerprint density at radius 2 is 2.11 bits per heavy atom. The minimum absolute atomic E-state index is 0.105. The van der Waals surface area contributed by atoms with Crippen molar-refractivity contribution in [3.8, 4) is 17.6 Å². The average molecular weight is 572 g/mol. The molecule has 5 rings (SSSR count). The third-order valence-electron chi connectivity index (χ3n) is 5.67. The van der Waals surface area contributed by atoms with Gasteiger partial charge in [-0.05, 0) is 48.4 Å². The molecule has 0 bridgehead atoms. The Hall–Kier alpha value is -3.27. The number of ether oxygens (including phenoxy) is 1. The summed E-state index contributed by atoms with van der Waals surface area (Å²) in [6.07, 6.45) is 3.23. The molecule has 38 heavy (non-hydrogen) atoms. The number of nitrogens with zero attached hydrogens (tertiary/aromatic N) is 2. The van der Waals surface area contributed by atoms with Crippen LogP contribution < -0.4 is 20.1 Å². The molecule has 1 aliphatic heterocycles. The van der Waals surface area contributed by atoms with Crippen molar-refractivity contribution in [3.05, 3.63) is 76.1 Å². The molecule has 196 valence electrons. The van der Waals surface area contributed by atoms with Crippen LogP contribution in [0.5, 0.6) is 5.75 Å². The quantitative estimate of drug-likeness (QED) is 0.282. The van der Waals surface area contributed by atoms with E-state index in [-0.39, 0.29) is 24.5 Å². The molecule has 2 aromatic carbocycles. The topological polar surface area (TPSA) is 105 Å². The summed E-state index contributed by atoms with van der Waals surface area (Å²) in [5, 5.41) is 6.92. The van der Waals surface area contributed by atoms with Crippen LogP contribution in [0.25, 0.3) is 10.2 Å². The molecule has 3 heterocycles. The smallest absolute Gasteiger partial charge is 0.208 e. The van der Waals surface area contributed by atoms with Crippen molar-refractivity contribution >= 4 is 54.7 Å². The standard InChI is InChI=1S/C26H23ClFN5O3S2/c1-38(34,35)33-20-10-18(29-13-20)5-7-21-12-23-25(37-21)26(31-15-30-23)32-19-6-8-24(22(27)11-19)36-14-16-3-2-4-17(28)9-16/h2-4,6,8-9,11-12,15,18,20,29,33H,10,13-14H2,1H3,(H,30,31,32)/t18-,20+/m1/s1. The van der Waals surface area contributed by atoms with Crippen LogP contribution in [0.4, 0.5) is 15.9 Å². The molecule has 2 atom stereocenters. The van der Waals surface area contributed by atoms with Crippen LogP contribution in [-0.2, 0) is 16.6 Å². The van der Waals surface area contributed by atoms with E-state index in [1.807, 2.05) is 12.1 Å². The highest BCUT2D eigenvalue weighted by Gasteiger charge is 2.24. The van der Waals surface area contributed by atoms with Gasteiger partial charge in [-0.25, -0.2) is 27.5 Å². The predicted molar refractivity (Wildman–Crippen MR) is 148 cm³/mol. The second-order valence-electron chi connectivity index (χ2n) is 8.79. The Balaban J connectivity index is 1.26. The maximum Gasteiger partial charge on any atom is 0.208 e. The first kappa shape index (κ1) is 26.3. The molecule has 1 saturated heterocycles. The van der Waals surface area contributed by atoms with Crippen LogP contribution in [0, 0.1) is 17.7 Å². The summed E-state index contributed by atoms with van der Waals surface area (Å²) in [5.41, 5.74) is 2.18. The van der Waals surface area contributed by atoms with Crippen LogP contribution in [0.1, 0.15) is 16.9 Å². The lowest BCUT2D eigenvalue weighted by atomic mass is 10.2. The van der Waals surface area contributed by atoms with Gasteiger partial charge in [0.05, 0.1) is 32.4 Å². The summed E-state index contributed by atoms with van der Waals surface area (Å²) in [4.78, 5) is 9.56. The Kier molecular flexibility index (Phi) is 7.78. The van der Waals surface area contributed by atoms with Gasteiger partial charge in [-0.1, -0.05) is 35.6 Å². The first-order valence-electron chi connectivity index (χ1n) is 11.6. The van der Waals surface area contributed by atoms with E-state index in [1.54, 1.807) is 24.3 Å². The van der Waals surface area contributed by atoms with Gasteiger partial charge in [-0.3, -0.25) is 0 Å². The van der Waals surface area contributed by atoms with Crippen LogP contribution in [0.2, 0.25) is 5.02 Å². The molecule has 0 unspecified atom stereocenters. The first-order valence-corrected chi connectivity index (χ1v) is 14.7. The van der Waals surface area contributed by atoms with E-state index in [9.17, 15) is 12.8 Å². The van der Waals surface area contributed by atoms with Gasteiger partial charge in [0.15, 0.2) is 5.82 Å². The van der Waals surface area contributed by atoms with Crippen molar-refractivity contribution in [3.63, 3.8) is 0 Å². The van der Waals surface area contributed by atoms with Gasteiger partial charge in [0.2, 0.25) is 10.0 Å². The number of fused-ring (bicyclic) bond motifs is 1. The number of benzene rings is 2. The van der Waals surface area contributed by atoms with E-state index in [0.717, 1.165) is 21.3 Å². The van der Waals surface area contributed by atoms with Crippen LogP contribution in [-0.4, -0.2) is 43.3 Å². The average Bonchev–Trinajstić information content (AvgIpc) is 3.48. The summed E-state index contributed by atoms with van der Waals surface area (Å²) < 4.78 is 45.5. The lowest BCUT2D eigenvalue weighted by molar-refractivity contribution is 0.306. The third kappa shape index (κ3) is 6.78. The molecule has 0 spiro atoms. The van der Waals surface area contributed by atoms with Crippen molar-refractivity contribution in [1.82, 2.24) is 20.0 Å². The minimum Gasteiger partial charge on any atom is -0.487 e. The molecule has 8 nitrogen and oxygen atoms in total. The molecule has 4 aromatic rings. The molecule has 1 aliphatic rings. The van der Waals surface area contributed by atoms with Crippen molar-refractivity contribution < 1.29 is 17.5 Å². The van der Waals surface area contributed by atoms with E-state index in [0.29, 0.717) is 40.8 Å². The molecule has 0 radical (unpaired) electrons. The van der Waals surface area contributed by atoms with Gasteiger partial charge >= 0.3 is 0 Å². The Bertz CT molecular complexity index is 1650. The number of aromatic nitrogens is 2. The Morgan fingerprint density at radius 3 is 2.89 bits per heavy atom. The fraction of sp³-hybridized carbons (Fsp3) is 0.231. The number of halogens is 2. The van der Waals surface area contributed by atoms with E-state index in [1.165, 1.54) is 29.8 Å². The van der Waals surface area contributed by atoms with Crippen molar-refractivity contribution in [2.75, 3.05) is 18.1 Å². The zero-order valence-corrected chi connectivity index (χ0v) is 22.6. The van der Waals surface area contributed by atoms with Gasteiger partial charge in [0, 0.05) is 18.3 Å². The predicted octanol–water partition coefficient (Wildman–Crippen LogP) is 4.44. The maximum atomic E-state index is 13.4. The van der Waals surface area contributed by atoms with Crippen molar-refractivity contribution in [2.45, 2.75) is 25.1 Å². The highest BCUT2D eigenvalue weighted by Crippen LogP contribution is 2.33. The van der Waals surface area contributed by atoms with E-state index < -0.39 is 10.0 Å². The number of hydrogen-bond donors (Lipinski definition) is 3. The molecule has 1 fully saturated rings. The number of sulfonamides is 1. The summed E-state index contributed by atoms with van der Waals surface area (Å²) in [6, 6.07) is 13.1. The lowest BCUT2D eigenvalue weighted by Crippen LogP contribution is -2.35. The molecular weight excluding hydrogens is 549 g/mol. The zero-order valence-electron chi connectivity index (χ0n) is 20.2. The minimum atomic E-state index is -3.25. The Labute approximate surface area is 228 Å². The van der Waals surface area contributed by atoms with Crippen LogP contribution >= 0.6 is 22.9 Å². The Morgan fingerprint density at radius 1 is 1.24 bits per heavy atom. The van der Waals surface area contributed by atoms with Gasteiger partial charge in [0.1, 0.15) is 24.5 Å². The van der Waals surface area contributed by atoms with Crippen molar-refractivity contribution in [2.24, 2.45) is 0 Å².